The number of ether oxygens (including phenoxy) is 2. The van der Waals surface area contributed by atoms with Crippen molar-refractivity contribution in [2.24, 2.45) is 0 Å². The third-order valence-corrected chi connectivity index (χ3v) is 3.05. The van der Waals surface area contributed by atoms with Crippen LogP contribution in [0.2, 0.25) is 0 Å². The molecule has 1 aliphatic carbocycles. The second-order valence-electron chi connectivity index (χ2n) is 4.65. The number of likely N-dealkylation sites (N-methyl/N-ethyl adjacent to an activating group) is 1. The fraction of sp³-hybridized carbons (Fsp3) is 0.818. The van der Waals surface area contributed by atoms with Gasteiger partial charge in [-0.05, 0) is 12.8 Å². The number of rotatable bonds is 4. The standard InChI is InChI=1S/C11H17N3O3/c1-14(6-9-7-15-4-5-16-9)11-13-12-10(17-11)8-2-3-8/h8-9H,2-7H2,1H3. The molecule has 0 aromatic carbocycles. The number of hydrogen-bond donors (Lipinski definition) is 0. The van der Waals surface area contributed by atoms with E-state index >= 15 is 0 Å². The van der Waals surface area contributed by atoms with E-state index < -0.39 is 0 Å². The third kappa shape index (κ3) is 2.58. The van der Waals surface area contributed by atoms with Crippen LogP contribution >= 0.6 is 0 Å². The zero-order valence-corrected chi connectivity index (χ0v) is 9.96. The first-order chi connectivity index (χ1) is 8.33. The lowest BCUT2D eigenvalue weighted by molar-refractivity contribution is -0.0839. The summed E-state index contributed by atoms with van der Waals surface area (Å²) in [5, 5.41) is 8.12. The summed E-state index contributed by atoms with van der Waals surface area (Å²) in [5.74, 6) is 1.27. The highest BCUT2D eigenvalue weighted by Crippen LogP contribution is 2.39. The smallest absolute Gasteiger partial charge is 0.317 e. The Kier molecular flexibility index (Phi) is 2.98. The van der Waals surface area contributed by atoms with Gasteiger partial charge < -0.3 is 18.8 Å². The molecule has 1 aromatic heterocycles. The van der Waals surface area contributed by atoms with Gasteiger partial charge in [-0.1, -0.05) is 5.10 Å². The molecule has 1 aromatic rings. The van der Waals surface area contributed by atoms with Gasteiger partial charge in [-0.2, -0.15) is 0 Å². The SMILES string of the molecule is CN(CC1COCCO1)c1nnc(C2CC2)o1. The fourth-order valence-electron chi connectivity index (χ4n) is 1.90. The molecule has 0 bridgehead atoms. The summed E-state index contributed by atoms with van der Waals surface area (Å²) in [6, 6.07) is 0.570. The van der Waals surface area contributed by atoms with E-state index in [1.807, 2.05) is 11.9 Å². The maximum absolute atomic E-state index is 5.62. The van der Waals surface area contributed by atoms with Crippen LogP contribution in [0.1, 0.15) is 24.7 Å². The van der Waals surface area contributed by atoms with Crippen molar-refractivity contribution in [3.8, 4) is 0 Å². The Morgan fingerprint density at radius 2 is 2.18 bits per heavy atom. The predicted molar refractivity (Wildman–Crippen MR) is 60.1 cm³/mol. The van der Waals surface area contributed by atoms with Gasteiger partial charge in [0.25, 0.3) is 0 Å². The van der Waals surface area contributed by atoms with E-state index in [1.165, 1.54) is 12.8 Å². The highest BCUT2D eigenvalue weighted by Gasteiger charge is 2.30. The van der Waals surface area contributed by atoms with Crippen LogP contribution in [0.5, 0.6) is 0 Å². The van der Waals surface area contributed by atoms with Crippen molar-refractivity contribution in [3.05, 3.63) is 5.89 Å². The molecule has 1 unspecified atom stereocenters. The second kappa shape index (κ2) is 4.62. The van der Waals surface area contributed by atoms with Crippen molar-refractivity contribution >= 4 is 6.01 Å². The molecular weight excluding hydrogens is 222 g/mol. The van der Waals surface area contributed by atoms with Gasteiger partial charge in [-0.3, -0.25) is 0 Å². The van der Waals surface area contributed by atoms with E-state index in [9.17, 15) is 0 Å². The van der Waals surface area contributed by atoms with Gasteiger partial charge in [-0.25, -0.2) is 0 Å². The molecule has 1 aliphatic heterocycles. The monoisotopic (exact) mass is 239 g/mol. The van der Waals surface area contributed by atoms with Crippen LogP contribution in [-0.2, 0) is 9.47 Å². The molecule has 1 saturated carbocycles. The number of anilines is 1. The first kappa shape index (κ1) is 11.0. The van der Waals surface area contributed by atoms with Crippen molar-refractivity contribution in [2.75, 3.05) is 38.3 Å². The van der Waals surface area contributed by atoms with E-state index in [-0.39, 0.29) is 6.10 Å². The lowest BCUT2D eigenvalue weighted by Gasteiger charge is -2.26. The average molecular weight is 239 g/mol. The van der Waals surface area contributed by atoms with Gasteiger partial charge in [0.1, 0.15) is 0 Å². The number of hydrogen-bond acceptors (Lipinski definition) is 6. The summed E-state index contributed by atoms with van der Waals surface area (Å²) in [6.45, 7) is 2.70. The predicted octanol–water partition coefficient (Wildman–Crippen LogP) is 0.799. The van der Waals surface area contributed by atoms with Crippen molar-refractivity contribution in [1.29, 1.82) is 0 Å². The number of aromatic nitrogens is 2. The van der Waals surface area contributed by atoms with Gasteiger partial charge in [0.15, 0.2) is 0 Å². The first-order valence-corrected chi connectivity index (χ1v) is 6.07. The maximum atomic E-state index is 5.62. The third-order valence-electron chi connectivity index (χ3n) is 3.05. The summed E-state index contributed by atoms with van der Waals surface area (Å²) in [4.78, 5) is 1.93. The Morgan fingerprint density at radius 3 is 2.88 bits per heavy atom. The molecule has 1 saturated heterocycles. The molecule has 2 heterocycles. The molecule has 1 atom stereocenters. The van der Waals surface area contributed by atoms with E-state index in [1.54, 1.807) is 0 Å². The molecule has 17 heavy (non-hydrogen) atoms. The van der Waals surface area contributed by atoms with Gasteiger partial charge in [0.05, 0.1) is 32.5 Å². The Balaban J connectivity index is 1.57. The second-order valence-corrected chi connectivity index (χ2v) is 4.65. The number of nitrogens with zero attached hydrogens (tertiary/aromatic N) is 3. The Hall–Kier alpha value is -1.14. The average Bonchev–Trinajstić information content (AvgIpc) is 3.08. The van der Waals surface area contributed by atoms with Crippen molar-refractivity contribution in [1.82, 2.24) is 10.2 Å². The van der Waals surface area contributed by atoms with Crippen molar-refractivity contribution in [2.45, 2.75) is 24.9 Å². The molecule has 6 heteroatoms. The summed E-state index contributed by atoms with van der Waals surface area (Å²) >= 11 is 0. The quantitative estimate of drug-likeness (QED) is 0.774. The van der Waals surface area contributed by atoms with E-state index in [4.69, 9.17) is 13.9 Å². The van der Waals surface area contributed by atoms with Crippen LogP contribution in [0, 0.1) is 0 Å². The summed E-state index contributed by atoms with van der Waals surface area (Å²) in [7, 11) is 1.93. The van der Waals surface area contributed by atoms with Crippen LogP contribution in [0.15, 0.2) is 4.42 Å². The Bertz CT molecular complexity index is 372. The lowest BCUT2D eigenvalue weighted by atomic mass is 10.3. The Morgan fingerprint density at radius 1 is 1.29 bits per heavy atom. The highest BCUT2D eigenvalue weighted by atomic mass is 16.6. The lowest BCUT2D eigenvalue weighted by Crippen LogP contribution is -2.38. The molecule has 3 rings (SSSR count). The van der Waals surface area contributed by atoms with Crippen LogP contribution < -0.4 is 4.90 Å². The molecule has 0 amide bonds. The normalized spacial score (nSPS) is 24.9. The zero-order chi connectivity index (χ0) is 11.7. The van der Waals surface area contributed by atoms with Crippen molar-refractivity contribution < 1.29 is 13.9 Å². The topological polar surface area (TPSA) is 60.6 Å². The largest absolute Gasteiger partial charge is 0.408 e. The molecule has 0 spiro atoms. The van der Waals surface area contributed by atoms with E-state index in [0.717, 1.165) is 5.89 Å². The van der Waals surface area contributed by atoms with Gasteiger partial charge in [0, 0.05) is 13.0 Å². The van der Waals surface area contributed by atoms with E-state index in [2.05, 4.69) is 10.2 Å². The molecule has 2 fully saturated rings. The minimum absolute atomic E-state index is 0.0880. The zero-order valence-electron chi connectivity index (χ0n) is 9.96. The molecule has 0 N–H and O–H groups in total. The van der Waals surface area contributed by atoms with Gasteiger partial charge in [-0.15, -0.1) is 5.10 Å². The van der Waals surface area contributed by atoms with Crippen LogP contribution in [0.25, 0.3) is 0 Å². The molecule has 6 nitrogen and oxygen atoms in total. The van der Waals surface area contributed by atoms with Gasteiger partial charge >= 0.3 is 6.01 Å². The summed E-state index contributed by atoms with van der Waals surface area (Å²) in [6.07, 6.45) is 2.43. The van der Waals surface area contributed by atoms with Gasteiger partial charge in [0.2, 0.25) is 5.89 Å². The fourth-order valence-corrected chi connectivity index (χ4v) is 1.90. The van der Waals surface area contributed by atoms with Crippen LogP contribution in [0.3, 0.4) is 0 Å². The van der Waals surface area contributed by atoms with Crippen LogP contribution in [-0.4, -0.2) is 49.7 Å². The molecular formula is C11H17N3O3. The highest BCUT2D eigenvalue weighted by molar-refractivity contribution is 5.23. The Labute approximate surface area is 99.9 Å². The molecule has 94 valence electrons. The first-order valence-electron chi connectivity index (χ1n) is 6.07. The summed E-state index contributed by atoms with van der Waals surface area (Å²) < 4.78 is 16.6. The maximum Gasteiger partial charge on any atom is 0.317 e. The molecule has 2 aliphatic rings. The van der Waals surface area contributed by atoms with E-state index in [0.29, 0.717) is 38.3 Å². The van der Waals surface area contributed by atoms with Crippen LogP contribution in [0.4, 0.5) is 6.01 Å². The minimum Gasteiger partial charge on any atom is -0.408 e. The summed E-state index contributed by atoms with van der Waals surface area (Å²) in [5.41, 5.74) is 0. The van der Waals surface area contributed by atoms with Crippen molar-refractivity contribution in [3.63, 3.8) is 0 Å². The minimum atomic E-state index is 0.0880. The molecule has 0 radical (unpaired) electrons.